The van der Waals surface area contributed by atoms with Gasteiger partial charge in [0.2, 0.25) is 0 Å². The second-order valence-corrected chi connectivity index (χ2v) is 8.65. The summed E-state index contributed by atoms with van der Waals surface area (Å²) in [4.78, 5) is 26.5. The third-order valence-corrected chi connectivity index (χ3v) is 6.19. The summed E-state index contributed by atoms with van der Waals surface area (Å²) in [5.74, 6) is -0.376. The van der Waals surface area contributed by atoms with E-state index in [0.717, 1.165) is 19.4 Å². The molecule has 2 amide bonds. The van der Waals surface area contributed by atoms with Crippen molar-refractivity contribution in [3.05, 3.63) is 41.8 Å². The molecule has 10 heteroatoms. The summed E-state index contributed by atoms with van der Waals surface area (Å²) in [6, 6.07) is 8.31. The lowest BCUT2D eigenvalue weighted by Crippen LogP contribution is -2.50. The van der Waals surface area contributed by atoms with E-state index in [1.54, 1.807) is 22.9 Å². The predicted molar refractivity (Wildman–Crippen MR) is 124 cm³/mol. The van der Waals surface area contributed by atoms with Gasteiger partial charge in [-0.15, -0.1) is 0 Å². The third-order valence-electron chi connectivity index (χ3n) is 6.19. The van der Waals surface area contributed by atoms with Gasteiger partial charge < -0.3 is 25.0 Å². The van der Waals surface area contributed by atoms with Crippen LogP contribution in [0.25, 0.3) is 11.3 Å². The molecule has 1 aromatic carbocycles. The number of methoxy groups -OCH3 is 1. The first-order chi connectivity index (χ1) is 16.5. The number of aryl methyl sites for hydroxylation is 1. The molecule has 1 aliphatic heterocycles. The molecule has 2 heterocycles. The van der Waals surface area contributed by atoms with Crippen LogP contribution in [0, 0.1) is 5.82 Å². The van der Waals surface area contributed by atoms with Crippen molar-refractivity contribution in [3.63, 3.8) is 0 Å². The van der Waals surface area contributed by atoms with Crippen molar-refractivity contribution in [2.24, 2.45) is 0 Å². The fourth-order valence-electron chi connectivity index (χ4n) is 4.26. The number of hydrogen-bond donors (Lipinski definition) is 2. The number of halogens is 1. The number of carbonyl (C=O) groups is 2. The Kier molecular flexibility index (Phi) is 7.79. The quantitative estimate of drug-likeness (QED) is 0.543. The van der Waals surface area contributed by atoms with Gasteiger partial charge in [-0.25, -0.2) is 9.18 Å². The fourth-order valence-corrected chi connectivity index (χ4v) is 4.26. The molecule has 1 saturated carbocycles. The van der Waals surface area contributed by atoms with Gasteiger partial charge in [-0.1, -0.05) is 12.1 Å². The van der Waals surface area contributed by atoms with Crippen molar-refractivity contribution in [2.45, 2.75) is 50.9 Å². The number of ether oxygens (including phenoxy) is 2. The van der Waals surface area contributed by atoms with E-state index in [1.807, 2.05) is 17.9 Å². The highest BCUT2D eigenvalue weighted by atomic mass is 19.1. The van der Waals surface area contributed by atoms with E-state index in [0.29, 0.717) is 49.6 Å². The number of aromatic nitrogens is 2. The Morgan fingerprint density at radius 1 is 1.38 bits per heavy atom. The number of morpholine rings is 1. The van der Waals surface area contributed by atoms with Gasteiger partial charge in [-0.3, -0.25) is 9.48 Å². The maximum Gasteiger partial charge on any atom is 0.406 e. The third kappa shape index (κ3) is 5.56. The summed E-state index contributed by atoms with van der Waals surface area (Å²) in [5, 5.41) is 10.6. The van der Waals surface area contributed by atoms with E-state index in [2.05, 4.69) is 15.4 Å². The van der Waals surface area contributed by atoms with Crippen LogP contribution in [0.4, 0.5) is 9.18 Å². The maximum absolute atomic E-state index is 14.7. The molecule has 0 radical (unpaired) electrons. The number of hydrogen-bond acceptors (Lipinski definition) is 6. The smallest absolute Gasteiger partial charge is 0.406 e. The van der Waals surface area contributed by atoms with Crippen molar-refractivity contribution >= 4 is 12.0 Å². The van der Waals surface area contributed by atoms with Gasteiger partial charge in [-0.05, 0) is 44.4 Å². The van der Waals surface area contributed by atoms with Gasteiger partial charge in [-0.2, -0.15) is 5.10 Å². The number of amides is 2. The molecular weight excluding hydrogens is 441 g/mol. The number of carbonyl (C=O) groups excluding carboxylic acids is 2. The lowest BCUT2D eigenvalue weighted by molar-refractivity contribution is -0.148. The Morgan fingerprint density at radius 3 is 2.85 bits per heavy atom. The van der Waals surface area contributed by atoms with Crippen molar-refractivity contribution in [3.8, 4) is 11.3 Å². The molecule has 0 bridgehead atoms. The van der Waals surface area contributed by atoms with Gasteiger partial charge in [0.25, 0.3) is 5.91 Å². The molecule has 2 fully saturated rings. The highest BCUT2D eigenvalue weighted by Gasteiger charge is 2.40. The molecule has 34 heavy (non-hydrogen) atoms. The van der Waals surface area contributed by atoms with Crippen molar-refractivity contribution in [1.29, 1.82) is 0 Å². The highest BCUT2D eigenvalue weighted by molar-refractivity contribution is 5.82. The van der Waals surface area contributed by atoms with E-state index in [4.69, 9.17) is 9.84 Å². The molecule has 0 spiro atoms. The van der Waals surface area contributed by atoms with Crippen LogP contribution in [0.5, 0.6) is 0 Å². The summed E-state index contributed by atoms with van der Waals surface area (Å²) < 4.78 is 26.7. The summed E-state index contributed by atoms with van der Waals surface area (Å²) in [6.45, 7) is 4.57. The van der Waals surface area contributed by atoms with Crippen LogP contribution in [0.1, 0.15) is 37.9 Å². The minimum Gasteiger partial charge on any atom is -0.453 e. The van der Waals surface area contributed by atoms with Crippen molar-refractivity contribution in [2.75, 3.05) is 33.4 Å². The lowest BCUT2D eigenvalue weighted by atomic mass is 10.1. The molecule has 2 aromatic rings. The van der Waals surface area contributed by atoms with Crippen LogP contribution in [0.3, 0.4) is 0 Å². The fraction of sp³-hybridized carbons (Fsp3) is 0.542. The molecule has 2 N–H and O–H groups in total. The molecule has 184 valence electrons. The number of rotatable bonds is 9. The van der Waals surface area contributed by atoms with Crippen molar-refractivity contribution in [1.82, 2.24) is 25.3 Å². The molecule has 1 saturated heterocycles. The van der Waals surface area contributed by atoms with E-state index < -0.39 is 12.2 Å². The standard InChI is InChI=1S/C24H32FN5O4/c1-16(30(17-8-9-17)23(31)22-15-26-11-13-34-22)20-14-21(18-6-3-4-7-19(18)25)29(28-20)12-5-10-27-24(32)33-2/h3-4,6-7,14,16-17,22,26H,5,8-13,15H2,1-2H3,(H,27,32)/t16-,22-/m1/s1. The van der Waals surface area contributed by atoms with Crippen molar-refractivity contribution < 1.29 is 23.5 Å². The zero-order chi connectivity index (χ0) is 24.1. The van der Waals surface area contributed by atoms with Gasteiger partial charge in [0.15, 0.2) is 0 Å². The van der Waals surface area contributed by atoms with Gasteiger partial charge in [0.1, 0.15) is 11.9 Å². The van der Waals surface area contributed by atoms with Crippen LogP contribution in [0.2, 0.25) is 0 Å². The average molecular weight is 474 g/mol. The zero-order valence-electron chi connectivity index (χ0n) is 19.6. The van der Waals surface area contributed by atoms with E-state index in [9.17, 15) is 14.0 Å². The number of alkyl carbamates (subject to hydrolysis) is 1. The molecule has 9 nitrogen and oxygen atoms in total. The summed E-state index contributed by atoms with van der Waals surface area (Å²) in [6.07, 6.45) is 1.49. The Morgan fingerprint density at radius 2 is 2.18 bits per heavy atom. The Bertz CT molecular complexity index is 1000. The van der Waals surface area contributed by atoms with Gasteiger partial charge in [0, 0.05) is 37.8 Å². The molecule has 1 aliphatic carbocycles. The predicted octanol–water partition coefficient (Wildman–Crippen LogP) is 2.48. The van der Waals surface area contributed by atoms with E-state index in [1.165, 1.54) is 13.2 Å². The second-order valence-electron chi connectivity index (χ2n) is 8.65. The van der Waals surface area contributed by atoms with Gasteiger partial charge >= 0.3 is 6.09 Å². The van der Waals surface area contributed by atoms with Gasteiger partial charge in [0.05, 0.1) is 31.1 Å². The summed E-state index contributed by atoms with van der Waals surface area (Å²) >= 11 is 0. The number of nitrogens with zero attached hydrogens (tertiary/aromatic N) is 3. The Labute approximate surface area is 198 Å². The molecule has 4 rings (SSSR count). The maximum atomic E-state index is 14.7. The second kappa shape index (κ2) is 11.0. The van der Waals surface area contributed by atoms with Crippen LogP contribution in [-0.4, -0.2) is 72.2 Å². The van der Waals surface area contributed by atoms with E-state index in [-0.39, 0.29) is 23.8 Å². The molecule has 2 aliphatic rings. The summed E-state index contributed by atoms with van der Waals surface area (Å²) in [7, 11) is 1.31. The van der Waals surface area contributed by atoms with Crippen LogP contribution in [0.15, 0.2) is 30.3 Å². The Hall–Kier alpha value is -2.98. The Balaban J connectivity index is 1.58. The van der Waals surface area contributed by atoms with Crippen LogP contribution < -0.4 is 10.6 Å². The monoisotopic (exact) mass is 473 g/mol. The molecular formula is C24H32FN5O4. The molecule has 2 atom stereocenters. The average Bonchev–Trinajstić information content (AvgIpc) is 3.60. The first kappa shape index (κ1) is 24.2. The molecule has 1 aromatic heterocycles. The normalized spacial score (nSPS) is 18.9. The van der Waals surface area contributed by atoms with Crippen LogP contribution >= 0.6 is 0 Å². The minimum absolute atomic E-state index is 0.0357. The number of nitrogens with one attached hydrogen (secondary N) is 2. The number of benzene rings is 1. The SMILES string of the molecule is COC(=O)NCCCn1nc([C@@H](C)N(C(=O)[C@H]2CNCCO2)C2CC2)cc1-c1ccccc1F. The first-order valence-corrected chi connectivity index (χ1v) is 11.8. The van der Waals surface area contributed by atoms with Crippen LogP contribution in [-0.2, 0) is 20.8 Å². The summed E-state index contributed by atoms with van der Waals surface area (Å²) in [5.41, 5.74) is 1.78. The topological polar surface area (TPSA) is 97.7 Å². The minimum atomic E-state index is -0.505. The lowest BCUT2D eigenvalue weighted by Gasteiger charge is -2.33. The zero-order valence-corrected chi connectivity index (χ0v) is 19.6. The van der Waals surface area contributed by atoms with E-state index >= 15 is 0 Å². The molecule has 0 unspecified atom stereocenters. The first-order valence-electron chi connectivity index (χ1n) is 11.8. The highest BCUT2D eigenvalue weighted by Crippen LogP contribution is 2.36. The largest absolute Gasteiger partial charge is 0.453 e.